The van der Waals surface area contributed by atoms with Crippen molar-refractivity contribution in [2.24, 2.45) is 11.1 Å². The molecule has 90 valence electrons. The molecule has 1 aliphatic heterocycles. The van der Waals surface area contributed by atoms with Gasteiger partial charge in [-0.2, -0.15) is 0 Å². The Kier molecular flexibility index (Phi) is 4.56. The van der Waals surface area contributed by atoms with Crippen molar-refractivity contribution >= 4 is 0 Å². The maximum Gasteiger partial charge on any atom is 0.0235 e. The van der Waals surface area contributed by atoms with Crippen molar-refractivity contribution in [3.8, 4) is 0 Å². The van der Waals surface area contributed by atoms with E-state index in [-0.39, 0.29) is 5.41 Å². The topological polar surface area (TPSA) is 32.5 Å². The Bertz CT molecular complexity index is 191. The van der Waals surface area contributed by atoms with Crippen LogP contribution < -0.4 is 5.73 Å². The number of likely N-dealkylation sites (tertiary alicyclic amines) is 1. The van der Waals surface area contributed by atoms with Gasteiger partial charge < -0.3 is 10.6 Å². The summed E-state index contributed by atoms with van der Waals surface area (Å²) in [7, 11) is 2.21. The van der Waals surface area contributed by atoms with Gasteiger partial charge in [-0.05, 0) is 38.5 Å². The number of rotatable bonds is 5. The number of nitrogens with two attached hydrogens (primary N) is 1. The van der Waals surface area contributed by atoms with Gasteiger partial charge in [-0.3, -0.25) is 4.90 Å². The molecular weight excluding hydrogens is 186 g/mol. The van der Waals surface area contributed by atoms with Gasteiger partial charge in [-0.25, -0.2) is 0 Å². The minimum absolute atomic E-state index is 0.247. The molecule has 1 fully saturated rings. The summed E-state index contributed by atoms with van der Waals surface area (Å²) in [4.78, 5) is 5.01. The maximum atomic E-state index is 5.80. The van der Waals surface area contributed by atoms with Crippen molar-refractivity contribution in [1.82, 2.24) is 9.80 Å². The summed E-state index contributed by atoms with van der Waals surface area (Å²) in [6, 6.07) is 0.742. The lowest BCUT2D eigenvalue weighted by Crippen LogP contribution is -2.45. The Balaban J connectivity index is 2.49. The van der Waals surface area contributed by atoms with E-state index in [0.717, 1.165) is 25.7 Å². The molecule has 1 heterocycles. The van der Waals surface area contributed by atoms with Gasteiger partial charge in [0.1, 0.15) is 0 Å². The number of hydrogen-bond acceptors (Lipinski definition) is 3. The Morgan fingerprint density at radius 1 is 1.47 bits per heavy atom. The summed E-state index contributed by atoms with van der Waals surface area (Å²) in [5.74, 6) is 0. The normalized spacial score (nSPS) is 24.0. The molecule has 0 saturated carbocycles. The summed E-state index contributed by atoms with van der Waals surface area (Å²) < 4.78 is 0. The minimum atomic E-state index is 0.247. The minimum Gasteiger partial charge on any atom is -0.330 e. The van der Waals surface area contributed by atoms with E-state index in [1.165, 1.54) is 19.5 Å². The average Bonchev–Trinajstić information content (AvgIpc) is 2.61. The van der Waals surface area contributed by atoms with Gasteiger partial charge >= 0.3 is 0 Å². The second-order valence-corrected chi connectivity index (χ2v) is 5.64. The lowest BCUT2D eigenvalue weighted by Gasteiger charge is -2.35. The zero-order valence-corrected chi connectivity index (χ0v) is 10.8. The van der Waals surface area contributed by atoms with Crippen LogP contribution in [0.4, 0.5) is 0 Å². The second kappa shape index (κ2) is 5.28. The SMILES string of the molecule is CCN(CC(C)(C)CN)C1CCN(C)C1. The molecule has 0 spiro atoms. The monoisotopic (exact) mass is 213 g/mol. The third-order valence-electron chi connectivity index (χ3n) is 3.47. The fourth-order valence-electron chi connectivity index (χ4n) is 2.32. The zero-order chi connectivity index (χ0) is 11.5. The number of hydrogen-bond donors (Lipinski definition) is 1. The quantitative estimate of drug-likeness (QED) is 0.739. The van der Waals surface area contributed by atoms with E-state index < -0.39 is 0 Å². The molecule has 1 atom stereocenters. The van der Waals surface area contributed by atoms with Gasteiger partial charge in [0.15, 0.2) is 0 Å². The van der Waals surface area contributed by atoms with Crippen LogP contribution in [-0.4, -0.2) is 55.6 Å². The van der Waals surface area contributed by atoms with Gasteiger partial charge in [-0.15, -0.1) is 0 Å². The second-order valence-electron chi connectivity index (χ2n) is 5.64. The first-order valence-corrected chi connectivity index (χ1v) is 6.11. The van der Waals surface area contributed by atoms with E-state index in [9.17, 15) is 0 Å². The molecular formula is C12H27N3. The van der Waals surface area contributed by atoms with Crippen molar-refractivity contribution in [3.05, 3.63) is 0 Å². The third kappa shape index (κ3) is 3.74. The van der Waals surface area contributed by atoms with E-state index in [1.54, 1.807) is 0 Å². The molecule has 2 N–H and O–H groups in total. The summed E-state index contributed by atoms with van der Waals surface area (Å²) in [5.41, 5.74) is 6.05. The van der Waals surface area contributed by atoms with Crippen molar-refractivity contribution in [1.29, 1.82) is 0 Å². The van der Waals surface area contributed by atoms with Crippen molar-refractivity contribution in [3.63, 3.8) is 0 Å². The van der Waals surface area contributed by atoms with Crippen LogP contribution >= 0.6 is 0 Å². The Hall–Kier alpha value is -0.120. The van der Waals surface area contributed by atoms with E-state index >= 15 is 0 Å². The lowest BCUT2D eigenvalue weighted by molar-refractivity contribution is 0.141. The molecule has 0 amide bonds. The summed E-state index contributed by atoms with van der Waals surface area (Å²) in [6.45, 7) is 12.3. The summed E-state index contributed by atoms with van der Waals surface area (Å²) in [5, 5.41) is 0. The van der Waals surface area contributed by atoms with Crippen molar-refractivity contribution < 1.29 is 0 Å². The largest absolute Gasteiger partial charge is 0.330 e. The van der Waals surface area contributed by atoms with Crippen LogP contribution in [0.15, 0.2) is 0 Å². The van der Waals surface area contributed by atoms with Gasteiger partial charge in [0.2, 0.25) is 0 Å². The highest BCUT2D eigenvalue weighted by Gasteiger charge is 2.28. The van der Waals surface area contributed by atoms with Crippen molar-refractivity contribution in [2.45, 2.75) is 33.2 Å². The number of likely N-dealkylation sites (N-methyl/N-ethyl adjacent to an activating group) is 2. The molecule has 3 nitrogen and oxygen atoms in total. The zero-order valence-electron chi connectivity index (χ0n) is 10.8. The molecule has 15 heavy (non-hydrogen) atoms. The maximum absolute atomic E-state index is 5.80. The van der Waals surface area contributed by atoms with E-state index in [0.29, 0.717) is 0 Å². The van der Waals surface area contributed by atoms with Crippen LogP contribution in [0.1, 0.15) is 27.2 Å². The highest BCUT2D eigenvalue weighted by Crippen LogP contribution is 2.20. The molecule has 0 aromatic carbocycles. The fraction of sp³-hybridized carbons (Fsp3) is 1.00. The summed E-state index contributed by atoms with van der Waals surface area (Å²) in [6.07, 6.45) is 1.31. The molecule has 0 aromatic heterocycles. The van der Waals surface area contributed by atoms with Gasteiger partial charge in [0.05, 0.1) is 0 Å². The predicted molar refractivity (Wildman–Crippen MR) is 66.0 cm³/mol. The first kappa shape index (κ1) is 12.9. The van der Waals surface area contributed by atoms with Gasteiger partial charge in [0, 0.05) is 19.1 Å². The van der Waals surface area contributed by atoms with Crippen LogP contribution in [-0.2, 0) is 0 Å². The third-order valence-corrected chi connectivity index (χ3v) is 3.47. The molecule has 0 aromatic rings. The van der Waals surface area contributed by atoms with Gasteiger partial charge in [-0.1, -0.05) is 20.8 Å². The molecule has 1 saturated heterocycles. The average molecular weight is 213 g/mol. The Morgan fingerprint density at radius 3 is 2.53 bits per heavy atom. The van der Waals surface area contributed by atoms with Crippen molar-refractivity contribution in [2.75, 3.05) is 39.8 Å². The Morgan fingerprint density at radius 2 is 2.13 bits per heavy atom. The summed E-state index contributed by atoms with van der Waals surface area (Å²) >= 11 is 0. The fourth-order valence-corrected chi connectivity index (χ4v) is 2.32. The predicted octanol–water partition coefficient (Wildman–Crippen LogP) is 0.997. The molecule has 1 aliphatic rings. The highest BCUT2D eigenvalue weighted by molar-refractivity contribution is 4.84. The molecule has 0 aliphatic carbocycles. The van der Waals surface area contributed by atoms with Crippen LogP contribution in [0.25, 0.3) is 0 Å². The van der Waals surface area contributed by atoms with Crippen LogP contribution in [0, 0.1) is 5.41 Å². The van der Waals surface area contributed by atoms with Crippen LogP contribution in [0.3, 0.4) is 0 Å². The number of nitrogens with zero attached hydrogens (tertiary/aromatic N) is 2. The molecule has 1 rings (SSSR count). The van der Waals surface area contributed by atoms with E-state index in [1.807, 2.05) is 0 Å². The lowest BCUT2D eigenvalue weighted by atomic mass is 9.92. The van der Waals surface area contributed by atoms with Crippen LogP contribution in [0.5, 0.6) is 0 Å². The van der Waals surface area contributed by atoms with E-state index in [4.69, 9.17) is 5.73 Å². The van der Waals surface area contributed by atoms with Crippen LogP contribution in [0.2, 0.25) is 0 Å². The molecule has 0 bridgehead atoms. The molecule has 0 radical (unpaired) electrons. The molecule has 3 heteroatoms. The molecule has 1 unspecified atom stereocenters. The van der Waals surface area contributed by atoms with Gasteiger partial charge in [0.25, 0.3) is 0 Å². The Labute approximate surface area is 94.6 Å². The standard InChI is InChI=1S/C12H27N3/c1-5-15(10-12(2,3)9-13)11-6-7-14(4)8-11/h11H,5-10,13H2,1-4H3. The highest BCUT2D eigenvalue weighted by atomic mass is 15.2. The first-order valence-electron chi connectivity index (χ1n) is 6.11. The smallest absolute Gasteiger partial charge is 0.0235 e. The first-order chi connectivity index (χ1) is 6.98. The van der Waals surface area contributed by atoms with E-state index in [2.05, 4.69) is 37.6 Å².